The Bertz CT molecular complexity index is 362. The normalized spacial score (nSPS) is 19.8. The summed E-state index contributed by atoms with van der Waals surface area (Å²) in [6, 6.07) is 2.96. The molecule has 2 rings (SSSR count). The molecule has 1 aliphatic heterocycles. The van der Waals surface area contributed by atoms with E-state index in [1.165, 1.54) is 12.1 Å². The summed E-state index contributed by atoms with van der Waals surface area (Å²) in [5.41, 5.74) is 0.280. The average Bonchev–Trinajstić information content (AvgIpc) is 2.15. The smallest absolute Gasteiger partial charge is 0.200 e. The summed E-state index contributed by atoms with van der Waals surface area (Å²) in [5, 5.41) is 0. The summed E-state index contributed by atoms with van der Waals surface area (Å²) in [5.74, 6) is -1.83. The summed E-state index contributed by atoms with van der Waals surface area (Å²) >= 11 is 0. The zero-order valence-electron chi connectivity index (χ0n) is 8.43. The Morgan fingerprint density at radius 1 is 1.40 bits per heavy atom. The molecule has 0 saturated carbocycles. The molecule has 0 N–H and O–H groups in total. The van der Waals surface area contributed by atoms with Crippen LogP contribution in [0.4, 0.5) is 8.78 Å². The molecule has 1 atom stereocenters. The van der Waals surface area contributed by atoms with Crippen molar-refractivity contribution in [3.63, 3.8) is 0 Å². The van der Waals surface area contributed by atoms with E-state index in [1.54, 1.807) is 6.92 Å². The molecule has 1 unspecified atom stereocenters. The molecule has 15 heavy (non-hydrogen) atoms. The third-order valence-corrected chi connectivity index (χ3v) is 2.42. The van der Waals surface area contributed by atoms with Crippen LogP contribution >= 0.6 is 0 Å². The lowest BCUT2D eigenvalue weighted by Crippen LogP contribution is -2.20. The highest BCUT2D eigenvalue weighted by Gasteiger charge is 2.26. The van der Waals surface area contributed by atoms with Gasteiger partial charge in [-0.1, -0.05) is 0 Å². The Morgan fingerprint density at radius 2 is 2.13 bits per heavy atom. The summed E-state index contributed by atoms with van der Waals surface area (Å²) in [6.07, 6.45) is 0.444. The van der Waals surface area contributed by atoms with Crippen LogP contribution in [0.25, 0.3) is 0 Å². The number of hydrogen-bond acceptors (Lipinski definition) is 2. The quantitative estimate of drug-likeness (QED) is 0.770. The van der Waals surface area contributed by atoms with E-state index in [0.29, 0.717) is 13.2 Å². The van der Waals surface area contributed by atoms with Gasteiger partial charge in [0.2, 0.25) is 5.82 Å². The zero-order valence-corrected chi connectivity index (χ0v) is 8.43. The molecular weight excluding hydrogens is 202 g/mol. The first-order chi connectivity index (χ1) is 7.24. The minimum Gasteiger partial charge on any atom is -0.491 e. The van der Waals surface area contributed by atoms with Gasteiger partial charge in [-0.25, -0.2) is 4.39 Å². The van der Waals surface area contributed by atoms with Crippen LogP contribution in [0.15, 0.2) is 12.1 Å². The molecule has 0 spiro atoms. The van der Waals surface area contributed by atoms with Gasteiger partial charge in [-0.2, -0.15) is 4.39 Å². The highest BCUT2D eigenvalue weighted by atomic mass is 19.2. The fraction of sp³-hybridized carbons (Fsp3) is 0.455. The number of rotatable bonds is 3. The van der Waals surface area contributed by atoms with Gasteiger partial charge in [0.05, 0.1) is 19.3 Å². The van der Waals surface area contributed by atoms with Crippen LogP contribution in [0.5, 0.6) is 5.75 Å². The van der Waals surface area contributed by atoms with Gasteiger partial charge in [-0.15, -0.1) is 0 Å². The van der Waals surface area contributed by atoms with Gasteiger partial charge < -0.3 is 9.47 Å². The van der Waals surface area contributed by atoms with E-state index in [2.05, 4.69) is 0 Å². The molecular formula is C11H12F2O2. The van der Waals surface area contributed by atoms with E-state index >= 15 is 0 Å². The SMILES string of the molecule is CCOc1ccc(C2CCO2)c(F)c1F. The highest BCUT2D eigenvalue weighted by molar-refractivity contribution is 5.32. The van der Waals surface area contributed by atoms with Gasteiger partial charge in [0.15, 0.2) is 11.6 Å². The second-order valence-electron chi connectivity index (χ2n) is 3.36. The van der Waals surface area contributed by atoms with E-state index in [-0.39, 0.29) is 17.4 Å². The van der Waals surface area contributed by atoms with Crippen molar-refractivity contribution >= 4 is 0 Å². The first kappa shape index (κ1) is 10.4. The Labute approximate surface area is 86.8 Å². The minimum atomic E-state index is -0.926. The van der Waals surface area contributed by atoms with Crippen molar-refractivity contribution in [2.24, 2.45) is 0 Å². The van der Waals surface area contributed by atoms with Crippen LogP contribution < -0.4 is 4.74 Å². The molecule has 82 valence electrons. The first-order valence-corrected chi connectivity index (χ1v) is 4.96. The Morgan fingerprint density at radius 3 is 2.67 bits per heavy atom. The fourth-order valence-electron chi connectivity index (χ4n) is 1.54. The van der Waals surface area contributed by atoms with Crippen LogP contribution in [-0.2, 0) is 4.74 Å². The van der Waals surface area contributed by atoms with Gasteiger partial charge in [0.1, 0.15) is 0 Å². The average molecular weight is 214 g/mol. The van der Waals surface area contributed by atoms with Gasteiger partial charge in [-0.05, 0) is 19.1 Å². The number of benzene rings is 1. The lowest BCUT2D eigenvalue weighted by Gasteiger charge is -2.27. The monoisotopic (exact) mass is 214 g/mol. The molecule has 1 aromatic carbocycles. The van der Waals surface area contributed by atoms with Crippen molar-refractivity contribution < 1.29 is 18.3 Å². The van der Waals surface area contributed by atoms with E-state index in [9.17, 15) is 8.78 Å². The lowest BCUT2D eigenvalue weighted by atomic mass is 10.0. The Hall–Kier alpha value is -1.16. The van der Waals surface area contributed by atoms with Crippen LogP contribution in [0.2, 0.25) is 0 Å². The molecule has 1 heterocycles. The third-order valence-electron chi connectivity index (χ3n) is 2.42. The molecule has 0 radical (unpaired) electrons. The van der Waals surface area contributed by atoms with Crippen molar-refractivity contribution in [2.75, 3.05) is 13.2 Å². The topological polar surface area (TPSA) is 18.5 Å². The number of ether oxygens (including phenoxy) is 2. The molecule has 0 bridgehead atoms. The predicted molar refractivity (Wildman–Crippen MR) is 50.8 cm³/mol. The van der Waals surface area contributed by atoms with Crippen LogP contribution in [0, 0.1) is 11.6 Å². The molecule has 1 fully saturated rings. The third kappa shape index (κ3) is 1.81. The van der Waals surface area contributed by atoms with Crippen LogP contribution in [0.1, 0.15) is 25.0 Å². The Balaban J connectivity index is 2.30. The molecule has 1 aliphatic rings. The molecule has 1 aromatic rings. The summed E-state index contributed by atoms with van der Waals surface area (Å²) in [4.78, 5) is 0. The Kier molecular flexibility index (Phi) is 2.86. The van der Waals surface area contributed by atoms with Crippen LogP contribution in [0.3, 0.4) is 0 Å². The summed E-state index contributed by atoms with van der Waals surface area (Å²) in [7, 11) is 0. The maximum absolute atomic E-state index is 13.5. The highest BCUT2D eigenvalue weighted by Crippen LogP contribution is 2.34. The first-order valence-electron chi connectivity index (χ1n) is 4.96. The van der Waals surface area contributed by atoms with Crippen molar-refractivity contribution in [1.82, 2.24) is 0 Å². The molecule has 1 saturated heterocycles. The summed E-state index contributed by atoms with van der Waals surface area (Å²) < 4.78 is 37.0. The lowest BCUT2D eigenvalue weighted by molar-refractivity contribution is -0.0549. The maximum atomic E-state index is 13.5. The van der Waals surface area contributed by atoms with E-state index < -0.39 is 11.6 Å². The predicted octanol–water partition coefficient (Wildman–Crippen LogP) is 2.82. The molecule has 4 heteroatoms. The molecule has 0 aromatic heterocycles. The standard InChI is InChI=1S/C11H12F2O2/c1-2-14-9-4-3-7(8-5-6-15-8)10(12)11(9)13/h3-4,8H,2,5-6H2,1H3. The number of halogens is 2. The fourth-order valence-corrected chi connectivity index (χ4v) is 1.54. The van der Waals surface area contributed by atoms with E-state index in [1.807, 2.05) is 0 Å². The van der Waals surface area contributed by atoms with E-state index in [0.717, 1.165) is 6.42 Å². The van der Waals surface area contributed by atoms with Crippen molar-refractivity contribution in [3.8, 4) is 5.75 Å². The van der Waals surface area contributed by atoms with Crippen molar-refractivity contribution in [2.45, 2.75) is 19.4 Å². The van der Waals surface area contributed by atoms with Crippen LogP contribution in [-0.4, -0.2) is 13.2 Å². The largest absolute Gasteiger partial charge is 0.491 e. The van der Waals surface area contributed by atoms with Crippen molar-refractivity contribution in [1.29, 1.82) is 0 Å². The zero-order chi connectivity index (χ0) is 10.8. The van der Waals surface area contributed by atoms with Crippen molar-refractivity contribution in [3.05, 3.63) is 29.3 Å². The van der Waals surface area contributed by atoms with E-state index in [4.69, 9.17) is 9.47 Å². The van der Waals surface area contributed by atoms with Gasteiger partial charge in [-0.3, -0.25) is 0 Å². The number of hydrogen-bond donors (Lipinski definition) is 0. The molecule has 2 nitrogen and oxygen atoms in total. The second kappa shape index (κ2) is 4.14. The maximum Gasteiger partial charge on any atom is 0.200 e. The van der Waals surface area contributed by atoms with Gasteiger partial charge in [0.25, 0.3) is 0 Å². The molecule has 0 amide bonds. The summed E-state index contributed by atoms with van der Waals surface area (Å²) in [6.45, 7) is 2.65. The second-order valence-corrected chi connectivity index (χ2v) is 3.36. The molecule has 0 aliphatic carbocycles. The van der Waals surface area contributed by atoms with Gasteiger partial charge in [0, 0.05) is 12.0 Å². The minimum absolute atomic E-state index is 0.0435. The van der Waals surface area contributed by atoms with Gasteiger partial charge >= 0.3 is 0 Å².